The van der Waals surface area contributed by atoms with Crippen LogP contribution in [0.5, 0.6) is 23.0 Å². The van der Waals surface area contributed by atoms with E-state index in [4.69, 9.17) is 18.9 Å². The van der Waals surface area contributed by atoms with Crippen LogP contribution in [0.15, 0.2) is 42.5 Å². The van der Waals surface area contributed by atoms with Crippen molar-refractivity contribution in [2.75, 3.05) is 27.9 Å². The second kappa shape index (κ2) is 10.5. The molecule has 0 fully saturated rings. The van der Waals surface area contributed by atoms with Crippen LogP contribution in [-0.2, 0) is 9.59 Å². The molecule has 154 valence electrons. The van der Waals surface area contributed by atoms with E-state index in [1.54, 1.807) is 18.2 Å². The van der Waals surface area contributed by atoms with Gasteiger partial charge in [-0.3, -0.25) is 20.4 Å². The minimum absolute atomic E-state index is 0.0607. The molecular weight excluding hydrogens is 383 g/mol. The summed E-state index contributed by atoms with van der Waals surface area (Å²) >= 11 is 0. The van der Waals surface area contributed by atoms with Gasteiger partial charge in [-0.25, -0.2) is 4.39 Å². The fourth-order valence-corrected chi connectivity index (χ4v) is 2.26. The van der Waals surface area contributed by atoms with Crippen molar-refractivity contribution in [3.63, 3.8) is 0 Å². The molecular formula is C20H21FN2O6. The van der Waals surface area contributed by atoms with Gasteiger partial charge in [0.25, 0.3) is 11.8 Å². The van der Waals surface area contributed by atoms with Crippen LogP contribution in [0, 0.1) is 5.82 Å². The maximum atomic E-state index is 13.4. The molecule has 0 bridgehead atoms. The molecule has 2 amide bonds. The van der Waals surface area contributed by atoms with Gasteiger partial charge in [0.1, 0.15) is 5.75 Å². The highest BCUT2D eigenvalue weighted by Gasteiger charge is 2.11. The number of ether oxygens (including phenoxy) is 4. The molecule has 0 aliphatic heterocycles. The highest BCUT2D eigenvalue weighted by atomic mass is 19.1. The molecule has 0 unspecified atom stereocenters. The first kappa shape index (κ1) is 21.5. The molecule has 0 saturated heterocycles. The number of hydrazine groups is 1. The molecule has 0 radical (unpaired) electrons. The Bertz CT molecular complexity index is 901. The summed E-state index contributed by atoms with van der Waals surface area (Å²) in [6.45, 7) is -0.464. The average Bonchev–Trinajstić information content (AvgIpc) is 2.74. The normalized spacial score (nSPS) is 10.3. The van der Waals surface area contributed by atoms with Gasteiger partial charge >= 0.3 is 0 Å². The summed E-state index contributed by atoms with van der Waals surface area (Å²) in [6, 6.07) is 8.94. The Kier molecular flexibility index (Phi) is 7.84. The quantitative estimate of drug-likeness (QED) is 0.517. The van der Waals surface area contributed by atoms with Gasteiger partial charge in [0, 0.05) is 17.7 Å². The Morgan fingerprint density at radius 1 is 0.931 bits per heavy atom. The lowest BCUT2D eigenvalue weighted by molar-refractivity contribution is -0.128. The van der Waals surface area contributed by atoms with Crippen molar-refractivity contribution in [3.05, 3.63) is 53.9 Å². The van der Waals surface area contributed by atoms with Gasteiger partial charge in [-0.1, -0.05) is 12.1 Å². The zero-order chi connectivity index (χ0) is 21.2. The monoisotopic (exact) mass is 404 g/mol. The van der Waals surface area contributed by atoms with E-state index in [2.05, 4.69) is 10.9 Å². The number of amides is 2. The molecule has 2 aromatic rings. The van der Waals surface area contributed by atoms with E-state index < -0.39 is 24.2 Å². The highest BCUT2D eigenvalue weighted by molar-refractivity contribution is 5.93. The van der Waals surface area contributed by atoms with Crippen LogP contribution >= 0.6 is 0 Å². The lowest BCUT2D eigenvalue weighted by Crippen LogP contribution is -2.43. The maximum Gasteiger partial charge on any atom is 0.276 e. The standard InChI is InChI=1S/C20H21FN2O6/c1-26-16-11-18(28-3)17(27-2)10-13(16)8-9-19(24)22-23-20(25)12-29-15-7-5-4-6-14(15)21/h4-11H,12H2,1-3H3,(H,22,24)(H,23,25)/b9-8+. The molecule has 2 rings (SSSR count). The molecule has 8 nitrogen and oxygen atoms in total. The summed E-state index contributed by atoms with van der Waals surface area (Å²) < 4.78 is 34.1. The molecule has 0 heterocycles. The van der Waals surface area contributed by atoms with Crippen molar-refractivity contribution in [2.24, 2.45) is 0 Å². The number of nitrogens with one attached hydrogen (secondary N) is 2. The molecule has 2 N–H and O–H groups in total. The fraction of sp³-hybridized carbons (Fsp3) is 0.200. The molecule has 2 aromatic carbocycles. The molecule has 0 aliphatic carbocycles. The number of benzene rings is 2. The van der Waals surface area contributed by atoms with Gasteiger partial charge in [0.2, 0.25) is 0 Å². The number of carbonyl (C=O) groups is 2. The second-order valence-electron chi connectivity index (χ2n) is 5.54. The van der Waals surface area contributed by atoms with Crippen LogP contribution in [0.4, 0.5) is 4.39 Å². The lowest BCUT2D eigenvalue weighted by Gasteiger charge is -2.12. The Morgan fingerprint density at radius 2 is 1.59 bits per heavy atom. The van der Waals surface area contributed by atoms with Crippen molar-refractivity contribution in [3.8, 4) is 23.0 Å². The number of halogens is 1. The van der Waals surface area contributed by atoms with Crippen LogP contribution in [-0.4, -0.2) is 39.8 Å². The minimum atomic E-state index is -0.654. The van der Waals surface area contributed by atoms with E-state index in [1.807, 2.05) is 0 Å². The Hall–Kier alpha value is -3.75. The SMILES string of the molecule is COc1cc(OC)c(OC)cc1/C=C/C(=O)NNC(=O)COc1ccccc1F. The van der Waals surface area contributed by atoms with Gasteiger partial charge in [0.05, 0.1) is 21.3 Å². The van der Waals surface area contributed by atoms with Gasteiger partial charge < -0.3 is 18.9 Å². The summed E-state index contributed by atoms with van der Waals surface area (Å²) in [5, 5.41) is 0. The smallest absolute Gasteiger partial charge is 0.276 e. The minimum Gasteiger partial charge on any atom is -0.496 e. The Balaban J connectivity index is 1.91. The van der Waals surface area contributed by atoms with Crippen LogP contribution in [0.3, 0.4) is 0 Å². The predicted octanol–water partition coefficient (Wildman–Crippen LogP) is 2.09. The number of hydrogen-bond donors (Lipinski definition) is 2. The largest absolute Gasteiger partial charge is 0.496 e. The van der Waals surface area contributed by atoms with Crippen molar-refractivity contribution < 1.29 is 32.9 Å². The number of methoxy groups -OCH3 is 3. The van der Waals surface area contributed by atoms with Crippen LogP contribution in [0.25, 0.3) is 6.08 Å². The predicted molar refractivity (Wildman–Crippen MR) is 103 cm³/mol. The third kappa shape index (κ3) is 6.13. The zero-order valence-corrected chi connectivity index (χ0v) is 16.2. The van der Waals surface area contributed by atoms with Crippen molar-refractivity contribution >= 4 is 17.9 Å². The second-order valence-corrected chi connectivity index (χ2v) is 5.54. The first-order chi connectivity index (χ1) is 14.0. The van der Waals surface area contributed by atoms with Gasteiger partial charge in [-0.2, -0.15) is 0 Å². The third-order valence-electron chi connectivity index (χ3n) is 3.67. The molecule has 0 aliphatic rings. The summed E-state index contributed by atoms with van der Waals surface area (Å²) in [5.41, 5.74) is 4.93. The van der Waals surface area contributed by atoms with E-state index in [0.29, 0.717) is 22.8 Å². The van der Waals surface area contributed by atoms with E-state index in [-0.39, 0.29) is 5.75 Å². The first-order valence-corrected chi connectivity index (χ1v) is 8.42. The molecule has 0 aromatic heterocycles. The van der Waals surface area contributed by atoms with E-state index in [9.17, 15) is 14.0 Å². The summed E-state index contributed by atoms with van der Waals surface area (Å²) in [5.74, 6) is -0.487. The fourth-order valence-electron chi connectivity index (χ4n) is 2.26. The van der Waals surface area contributed by atoms with E-state index >= 15 is 0 Å². The lowest BCUT2D eigenvalue weighted by atomic mass is 10.1. The van der Waals surface area contributed by atoms with Crippen molar-refractivity contribution in [1.82, 2.24) is 10.9 Å². The van der Waals surface area contributed by atoms with Gasteiger partial charge in [0.15, 0.2) is 29.7 Å². The molecule has 29 heavy (non-hydrogen) atoms. The maximum absolute atomic E-state index is 13.4. The molecule has 9 heteroatoms. The third-order valence-corrected chi connectivity index (χ3v) is 3.67. The van der Waals surface area contributed by atoms with Crippen LogP contribution in [0.1, 0.15) is 5.56 Å². The van der Waals surface area contributed by atoms with Gasteiger partial charge in [-0.15, -0.1) is 0 Å². The number of carbonyl (C=O) groups excluding carboxylic acids is 2. The number of para-hydroxylation sites is 1. The Morgan fingerprint density at radius 3 is 2.24 bits per heavy atom. The molecule has 0 atom stereocenters. The first-order valence-electron chi connectivity index (χ1n) is 8.42. The van der Waals surface area contributed by atoms with Crippen LogP contribution < -0.4 is 29.8 Å². The molecule has 0 spiro atoms. The topological polar surface area (TPSA) is 95.1 Å². The van der Waals surface area contributed by atoms with Gasteiger partial charge in [-0.05, 0) is 24.3 Å². The zero-order valence-electron chi connectivity index (χ0n) is 16.2. The summed E-state index contributed by atoms with van der Waals surface area (Å²) in [4.78, 5) is 23.6. The van der Waals surface area contributed by atoms with Crippen LogP contribution in [0.2, 0.25) is 0 Å². The highest BCUT2D eigenvalue weighted by Crippen LogP contribution is 2.35. The number of hydrogen-bond acceptors (Lipinski definition) is 6. The summed E-state index contributed by atoms with van der Waals surface area (Å²) in [6.07, 6.45) is 2.68. The van der Waals surface area contributed by atoms with E-state index in [1.165, 1.54) is 51.7 Å². The van der Waals surface area contributed by atoms with Crippen molar-refractivity contribution in [1.29, 1.82) is 0 Å². The number of rotatable bonds is 8. The average molecular weight is 404 g/mol. The van der Waals surface area contributed by atoms with E-state index in [0.717, 1.165) is 0 Å². The van der Waals surface area contributed by atoms with Crippen molar-refractivity contribution in [2.45, 2.75) is 0 Å². The molecule has 0 saturated carbocycles. The Labute approximate surface area is 167 Å². The summed E-state index contributed by atoms with van der Waals surface area (Å²) in [7, 11) is 4.47.